The quantitative estimate of drug-likeness (QED) is 0.266. The summed E-state index contributed by atoms with van der Waals surface area (Å²) in [5.41, 5.74) is 1.64. The Bertz CT molecular complexity index is 1110. The van der Waals surface area contributed by atoms with Crippen molar-refractivity contribution < 1.29 is 24.0 Å². The predicted molar refractivity (Wildman–Crippen MR) is 133 cm³/mol. The highest BCUT2D eigenvalue weighted by Crippen LogP contribution is 2.24. The average Bonchev–Trinajstić information content (AvgIpc) is 3.43. The lowest BCUT2D eigenvalue weighted by molar-refractivity contribution is -0.137. The topological polar surface area (TPSA) is 121 Å². The van der Waals surface area contributed by atoms with Crippen molar-refractivity contribution in [2.45, 2.75) is 39.3 Å². The van der Waals surface area contributed by atoms with Gasteiger partial charge < -0.3 is 10.6 Å². The lowest BCUT2D eigenvalue weighted by Crippen LogP contribution is -2.49. The Kier molecular flexibility index (Phi) is 8.70. The number of carbonyl (C=O) groups is 5. The van der Waals surface area contributed by atoms with Gasteiger partial charge in [-0.15, -0.1) is 0 Å². The third-order valence-corrected chi connectivity index (χ3v) is 6.62. The molecule has 0 radical (unpaired) electrons. The molecule has 9 heteroatoms. The third-order valence-electron chi connectivity index (χ3n) is 5.92. The first kappa shape index (κ1) is 26.0. The van der Waals surface area contributed by atoms with Gasteiger partial charge in [-0.3, -0.25) is 29.3 Å². The summed E-state index contributed by atoms with van der Waals surface area (Å²) in [6, 6.07) is 9.38. The summed E-state index contributed by atoms with van der Waals surface area (Å²) < 4.78 is 0. The molecule has 1 aromatic carbocycles. The Labute approximate surface area is 208 Å². The zero-order valence-electron chi connectivity index (χ0n) is 19.8. The van der Waals surface area contributed by atoms with Crippen molar-refractivity contribution in [2.24, 2.45) is 17.8 Å². The van der Waals surface area contributed by atoms with Gasteiger partial charge in [-0.1, -0.05) is 51.1 Å². The van der Waals surface area contributed by atoms with Crippen LogP contribution in [0, 0.1) is 17.8 Å². The van der Waals surface area contributed by atoms with E-state index >= 15 is 0 Å². The summed E-state index contributed by atoms with van der Waals surface area (Å²) in [5, 5.41) is 11.6. The van der Waals surface area contributed by atoms with Crippen LogP contribution < -0.4 is 16.0 Å². The fourth-order valence-corrected chi connectivity index (χ4v) is 4.57. The second kappa shape index (κ2) is 11.7. The van der Waals surface area contributed by atoms with Gasteiger partial charge in [0.1, 0.15) is 5.92 Å². The summed E-state index contributed by atoms with van der Waals surface area (Å²) >= 11 is 1.52. The monoisotopic (exact) mass is 495 g/mol. The van der Waals surface area contributed by atoms with Gasteiger partial charge in [0.2, 0.25) is 23.6 Å². The molecule has 4 atom stereocenters. The smallest absolute Gasteiger partial charge is 0.244 e. The molecule has 0 unspecified atom stereocenters. The highest BCUT2D eigenvalue weighted by Gasteiger charge is 2.46. The molecule has 3 N–H and O–H groups in total. The molecule has 0 bridgehead atoms. The molecule has 4 amide bonds. The summed E-state index contributed by atoms with van der Waals surface area (Å²) in [5.74, 6) is -4.68. The standard InChI is InChI=1S/C26H29N3O5S/c1-15(2)23(24(32)22-16(3)25(33)29-26(22)34)28-21(31)13-19(18-7-5-4-6-8-18)27-20(30)10-9-17-11-12-35-14-17/h4-12,14-16,19,22-23H,13H2,1-3H3,(H,27,30)(H,28,31)(H,29,33,34)/b10-9+/t16-,19-,22+,23-/m0/s1. The van der Waals surface area contributed by atoms with Crippen LogP contribution in [0.3, 0.4) is 0 Å². The van der Waals surface area contributed by atoms with E-state index in [0.717, 1.165) is 11.1 Å². The van der Waals surface area contributed by atoms with Gasteiger partial charge in [0.15, 0.2) is 5.78 Å². The Hall–Kier alpha value is -3.59. The lowest BCUT2D eigenvalue weighted by atomic mass is 9.85. The van der Waals surface area contributed by atoms with E-state index < -0.39 is 47.4 Å². The number of ketones is 1. The number of imide groups is 1. The van der Waals surface area contributed by atoms with E-state index in [-0.39, 0.29) is 18.2 Å². The first-order valence-corrected chi connectivity index (χ1v) is 12.3. The minimum Gasteiger partial charge on any atom is -0.346 e. The van der Waals surface area contributed by atoms with Crippen molar-refractivity contribution in [2.75, 3.05) is 0 Å². The maximum atomic E-state index is 13.1. The highest BCUT2D eigenvalue weighted by atomic mass is 32.1. The number of nitrogens with one attached hydrogen (secondary N) is 3. The van der Waals surface area contributed by atoms with Crippen LogP contribution in [0.4, 0.5) is 0 Å². The van der Waals surface area contributed by atoms with Crippen LogP contribution in [-0.2, 0) is 24.0 Å². The molecule has 184 valence electrons. The highest BCUT2D eigenvalue weighted by molar-refractivity contribution is 7.08. The number of hydrogen-bond acceptors (Lipinski definition) is 6. The average molecular weight is 496 g/mol. The van der Waals surface area contributed by atoms with Crippen LogP contribution in [0.5, 0.6) is 0 Å². The fraction of sp³-hybridized carbons (Fsp3) is 0.346. The molecule has 0 saturated carbocycles. The Balaban J connectivity index is 1.72. The third kappa shape index (κ3) is 6.73. The largest absolute Gasteiger partial charge is 0.346 e. The Morgan fingerprint density at radius 1 is 1.06 bits per heavy atom. The van der Waals surface area contributed by atoms with Gasteiger partial charge in [0.25, 0.3) is 0 Å². The van der Waals surface area contributed by atoms with E-state index in [1.165, 1.54) is 24.3 Å². The molecule has 2 heterocycles. The molecule has 1 saturated heterocycles. The second-order valence-electron chi connectivity index (χ2n) is 8.88. The van der Waals surface area contributed by atoms with Gasteiger partial charge in [0.05, 0.1) is 24.4 Å². The number of thiophene rings is 1. The van der Waals surface area contributed by atoms with Crippen molar-refractivity contribution in [3.63, 3.8) is 0 Å². The van der Waals surface area contributed by atoms with E-state index in [1.54, 1.807) is 19.9 Å². The van der Waals surface area contributed by atoms with Crippen molar-refractivity contribution in [1.82, 2.24) is 16.0 Å². The zero-order chi connectivity index (χ0) is 25.5. The number of amides is 4. The van der Waals surface area contributed by atoms with Crippen LogP contribution in [0.2, 0.25) is 0 Å². The van der Waals surface area contributed by atoms with Crippen molar-refractivity contribution >= 4 is 46.8 Å². The minimum atomic E-state index is -1.14. The Morgan fingerprint density at radius 3 is 2.34 bits per heavy atom. The van der Waals surface area contributed by atoms with E-state index in [4.69, 9.17) is 0 Å². The second-order valence-corrected chi connectivity index (χ2v) is 9.66. The number of hydrogen-bond donors (Lipinski definition) is 3. The Morgan fingerprint density at radius 2 is 1.77 bits per heavy atom. The predicted octanol–water partition coefficient (Wildman–Crippen LogP) is 2.63. The van der Waals surface area contributed by atoms with Crippen LogP contribution in [0.1, 0.15) is 44.4 Å². The normalized spacial score (nSPS) is 19.4. The van der Waals surface area contributed by atoms with E-state index in [0.29, 0.717) is 0 Å². The molecule has 3 rings (SSSR count). The van der Waals surface area contributed by atoms with E-state index in [2.05, 4.69) is 16.0 Å². The summed E-state index contributed by atoms with van der Waals surface area (Å²) in [7, 11) is 0. The number of carbonyl (C=O) groups excluding carboxylic acids is 5. The maximum absolute atomic E-state index is 13.1. The van der Waals surface area contributed by atoms with Crippen LogP contribution in [0.25, 0.3) is 6.08 Å². The van der Waals surface area contributed by atoms with Crippen molar-refractivity contribution in [3.05, 3.63) is 64.4 Å². The SMILES string of the molecule is CC(C)[C@H](NC(=O)C[C@H](NC(=O)/C=C/c1ccsc1)c1ccccc1)C(=O)[C@@H]1C(=O)NC(=O)[C@H]1C. The van der Waals surface area contributed by atoms with Crippen LogP contribution >= 0.6 is 11.3 Å². The van der Waals surface area contributed by atoms with E-state index in [1.807, 2.05) is 47.2 Å². The van der Waals surface area contributed by atoms with Crippen molar-refractivity contribution in [3.8, 4) is 0 Å². The minimum absolute atomic E-state index is 0.107. The maximum Gasteiger partial charge on any atom is 0.244 e. The summed E-state index contributed by atoms with van der Waals surface area (Å²) in [6.07, 6.45) is 2.99. The number of rotatable bonds is 10. The molecule has 0 spiro atoms. The molecule has 0 aliphatic carbocycles. The lowest BCUT2D eigenvalue weighted by Gasteiger charge is -2.25. The van der Waals surface area contributed by atoms with E-state index in [9.17, 15) is 24.0 Å². The number of benzene rings is 1. The molecule has 1 aliphatic heterocycles. The molecule has 1 aliphatic rings. The molecular weight excluding hydrogens is 466 g/mol. The summed E-state index contributed by atoms with van der Waals surface area (Å²) in [6.45, 7) is 5.04. The first-order valence-electron chi connectivity index (χ1n) is 11.4. The van der Waals surface area contributed by atoms with Gasteiger partial charge in [-0.2, -0.15) is 11.3 Å². The van der Waals surface area contributed by atoms with Crippen LogP contribution in [-0.4, -0.2) is 35.5 Å². The van der Waals surface area contributed by atoms with Gasteiger partial charge in [-0.05, 0) is 39.9 Å². The molecule has 2 aromatic rings. The molecule has 35 heavy (non-hydrogen) atoms. The molecule has 8 nitrogen and oxygen atoms in total. The van der Waals surface area contributed by atoms with Crippen molar-refractivity contribution in [1.29, 1.82) is 0 Å². The summed E-state index contributed by atoms with van der Waals surface area (Å²) in [4.78, 5) is 62.7. The van der Waals surface area contributed by atoms with Crippen LogP contribution in [0.15, 0.2) is 53.2 Å². The molecule has 1 aromatic heterocycles. The van der Waals surface area contributed by atoms with Gasteiger partial charge in [0, 0.05) is 6.08 Å². The van der Waals surface area contributed by atoms with Gasteiger partial charge >= 0.3 is 0 Å². The number of Topliss-reactive ketones (excluding diaryl/α,β-unsaturated/α-hetero) is 1. The molecule has 1 fully saturated rings. The zero-order valence-corrected chi connectivity index (χ0v) is 20.6. The molecular formula is C26H29N3O5S. The fourth-order valence-electron chi connectivity index (χ4n) is 3.94. The van der Waals surface area contributed by atoms with Gasteiger partial charge in [-0.25, -0.2) is 0 Å². The first-order chi connectivity index (χ1) is 16.7.